The number of rotatable bonds is 4. The van der Waals surface area contributed by atoms with Gasteiger partial charge in [0.25, 0.3) is 0 Å². The maximum Gasteiger partial charge on any atom is 0.305 e. The van der Waals surface area contributed by atoms with Crippen LogP contribution >= 0.6 is 0 Å². The highest BCUT2D eigenvalue weighted by Crippen LogP contribution is 2.24. The van der Waals surface area contributed by atoms with Crippen molar-refractivity contribution in [2.45, 2.75) is 12.5 Å². The van der Waals surface area contributed by atoms with E-state index in [9.17, 15) is 4.79 Å². The highest BCUT2D eigenvalue weighted by molar-refractivity contribution is 5.68. The van der Waals surface area contributed by atoms with Gasteiger partial charge in [-0.1, -0.05) is 18.2 Å². The van der Waals surface area contributed by atoms with Gasteiger partial charge in [0.05, 0.1) is 13.5 Å². The molecular weight excluding hydrogens is 182 g/mol. The number of hydrogen-bond acceptors (Lipinski definition) is 3. The fourth-order valence-corrected chi connectivity index (χ4v) is 1.27. The number of carboxylic acid groups (broad SMARTS) is 1. The molecule has 0 bridgehead atoms. The topological polar surface area (TPSA) is 72.5 Å². The zero-order valence-electron chi connectivity index (χ0n) is 7.93. The molecule has 76 valence electrons. The normalized spacial score (nSPS) is 12.1. The molecule has 0 unspecified atom stereocenters. The summed E-state index contributed by atoms with van der Waals surface area (Å²) in [5.74, 6) is -0.287. The first kappa shape index (κ1) is 10.5. The second-order valence-electron chi connectivity index (χ2n) is 2.95. The summed E-state index contributed by atoms with van der Waals surface area (Å²) in [6.07, 6.45) is -0.0969. The Hall–Kier alpha value is -1.55. The summed E-state index contributed by atoms with van der Waals surface area (Å²) in [4.78, 5) is 10.5. The number of ether oxygens (including phenoxy) is 1. The van der Waals surface area contributed by atoms with Crippen molar-refractivity contribution >= 4 is 5.97 Å². The smallest absolute Gasteiger partial charge is 0.305 e. The summed E-state index contributed by atoms with van der Waals surface area (Å²) >= 11 is 0. The summed E-state index contributed by atoms with van der Waals surface area (Å²) in [6, 6.07) is 6.63. The predicted molar refractivity (Wildman–Crippen MR) is 52.2 cm³/mol. The molecule has 1 atom stereocenters. The maximum absolute atomic E-state index is 10.5. The van der Waals surface area contributed by atoms with Crippen LogP contribution in [-0.4, -0.2) is 18.2 Å². The standard InChI is InChI=1S/C10H13NO3/c1-14-9-5-3-2-4-7(9)8(11)6-10(12)13/h2-5,8H,6,11H2,1H3,(H,12,13)/t8-/m0/s1. The Morgan fingerprint density at radius 1 is 1.57 bits per heavy atom. The number of methoxy groups -OCH3 is 1. The van der Waals surface area contributed by atoms with E-state index in [0.717, 1.165) is 5.56 Å². The quantitative estimate of drug-likeness (QED) is 0.756. The van der Waals surface area contributed by atoms with Gasteiger partial charge in [-0.2, -0.15) is 0 Å². The molecule has 14 heavy (non-hydrogen) atoms. The molecule has 0 aromatic heterocycles. The summed E-state index contributed by atoms with van der Waals surface area (Å²) in [5.41, 5.74) is 6.43. The molecule has 0 aliphatic rings. The van der Waals surface area contributed by atoms with Crippen LogP contribution in [0.3, 0.4) is 0 Å². The number of aliphatic carboxylic acids is 1. The molecule has 1 rings (SSSR count). The van der Waals surface area contributed by atoms with Crippen molar-refractivity contribution in [2.24, 2.45) is 5.73 Å². The van der Waals surface area contributed by atoms with E-state index in [-0.39, 0.29) is 6.42 Å². The Kier molecular flexibility index (Phi) is 3.48. The highest BCUT2D eigenvalue weighted by Gasteiger charge is 2.14. The van der Waals surface area contributed by atoms with E-state index in [4.69, 9.17) is 15.6 Å². The van der Waals surface area contributed by atoms with Crippen LogP contribution in [0.5, 0.6) is 5.75 Å². The minimum absolute atomic E-state index is 0.0969. The maximum atomic E-state index is 10.5. The van der Waals surface area contributed by atoms with E-state index in [1.54, 1.807) is 18.2 Å². The predicted octanol–water partition coefficient (Wildman–Crippen LogP) is 1.17. The van der Waals surface area contributed by atoms with Gasteiger partial charge in [-0.15, -0.1) is 0 Å². The van der Waals surface area contributed by atoms with Gasteiger partial charge in [0.2, 0.25) is 0 Å². The third kappa shape index (κ3) is 2.47. The fourth-order valence-electron chi connectivity index (χ4n) is 1.27. The lowest BCUT2D eigenvalue weighted by Crippen LogP contribution is -2.15. The number of nitrogens with two attached hydrogens (primary N) is 1. The molecule has 0 fully saturated rings. The van der Waals surface area contributed by atoms with Crippen LogP contribution in [0, 0.1) is 0 Å². The van der Waals surface area contributed by atoms with E-state index in [1.165, 1.54) is 7.11 Å². The van der Waals surface area contributed by atoms with E-state index in [0.29, 0.717) is 5.75 Å². The number of carboxylic acids is 1. The molecule has 0 radical (unpaired) electrons. The molecule has 0 saturated heterocycles. The Balaban J connectivity index is 2.87. The molecule has 0 aliphatic heterocycles. The summed E-state index contributed by atoms with van der Waals surface area (Å²) < 4.78 is 5.08. The van der Waals surface area contributed by atoms with Crippen LogP contribution in [0.2, 0.25) is 0 Å². The number of hydrogen-bond donors (Lipinski definition) is 2. The third-order valence-electron chi connectivity index (χ3n) is 1.93. The van der Waals surface area contributed by atoms with Crippen molar-refractivity contribution in [3.63, 3.8) is 0 Å². The van der Waals surface area contributed by atoms with E-state index < -0.39 is 12.0 Å². The molecule has 0 heterocycles. The van der Waals surface area contributed by atoms with Crippen LogP contribution in [0.4, 0.5) is 0 Å². The van der Waals surface area contributed by atoms with Gasteiger partial charge < -0.3 is 15.6 Å². The second-order valence-corrected chi connectivity index (χ2v) is 2.95. The van der Waals surface area contributed by atoms with Crippen LogP contribution in [-0.2, 0) is 4.79 Å². The largest absolute Gasteiger partial charge is 0.496 e. The lowest BCUT2D eigenvalue weighted by molar-refractivity contribution is -0.137. The molecule has 0 spiro atoms. The average Bonchev–Trinajstić information content (AvgIpc) is 2.16. The SMILES string of the molecule is COc1ccccc1[C@@H](N)CC(=O)O. The van der Waals surface area contributed by atoms with Gasteiger partial charge in [-0.3, -0.25) is 4.79 Å². The highest BCUT2D eigenvalue weighted by atomic mass is 16.5. The Bertz CT molecular complexity index is 325. The number of benzene rings is 1. The number of para-hydroxylation sites is 1. The first-order valence-corrected chi connectivity index (χ1v) is 4.25. The molecule has 0 saturated carbocycles. The van der Waals surface area contributed by atoms with Gasteiger partial charge in [0, 0.05) is 11.6 Å². The molecular formula is C10H13NO3. The minimum atomic E-state index is -0.914. The van der Waals surface area contributed by atoms with Crippen LogP contribution < -0.4 is 10.5 Å². The van der Waals surface area contributed by atoms with Gasteiger partial charge in [0.1, 0.15) is 5.75 Å². The van der Waals surface area contributed by atoms with Crippen LogP contribution in [0.1, 0.15) is 18.0 Å². The molecule has 0 amide bonds. The van der Waals surface area contributed by atoms with Gasteiger partial charge in [0.15, 0.2) is 0 Å². The first-order chi connectivity index (χ1) is 6.65. The van der Waals surface area contributed by atoms with Gasteiger partial charge >= 0.3 is 5.97 Å². The summed E-state index contributed by atoms with van der Waals surface area (Å²) in [5, 5.41) is 8.59. The second kappa shape index (κ2) is 4.62. The van der Waals surface area contributed by atoms with Crippen molar-refractivity contribution in [3.05, 3.63) is 29.8 Å². The summed E-state index contributed by atoms with van der Waals surface area (Å²) in [6.45, 7) is 0. The monoisotopic (exact) mass is 195 g/mol. The lowest BCUT2D eigenvalue weighted by atomic mass is 10.0. The molecule has 4 nitrogen and oxygen atoms in total. The average molecular weight is 195 g/mol. The van der Waals surface area contributed by atoms with Crippen LogP contribution in [0.15, 0.2) is 24.3 Å². The Morgan fingerprint density at radius 2 is 2.21 bits per heavy atom. The van der Waals surface area contributed by atoms with Crippen molar-refractivity contribution in [1.29, 1.82) is 0 Å². The molecule has 1 aromatic rings. The Morgan fingerprint density at radius 3 is 2.79 bits per heavy atom. The zero-order valence-corrected chi connectivity index (χ0v) is 7.93. The third-order valence-corrected chi connectivity index (χ3v) is 1.93. The fraction of sp³-hybridized carbons (Fsp3) is 0.300. The zero-order chi connectivity index (χ0) is 10.6. The summed E-state index contributed by atoms with van der Waals surface area (Å²) in [7, 11) is 1.53. The van der Waals surface area contributed by atoms with E-state index in [2.05, 4.69) is 0 Å². The van der Waals surface area contributed by atoms with Crippen molar-refractivity contribution in [2.75, 3.05) is 7.11 Å². The van der Waals surface area contributed by atoms with Crippen molar-refractivity contribution in [3.8, 4) is 5.75 Å². The minimum Gasteiger partial charge on any atom is -0.496 e. The van der Waals surface area contributed by atoms with Crippen molar-refractivity contribution < 1.29 is 14.6 Å². The van der Waals surface area contributed by atoms with Crippen molar-refractivity contribution in [1.82, 2.24) is 0 Å². The van der Waals surface area contributed by atoms with Gasteiger partial charge in [-0.25, -0.2) is 0 Å². The molecule has 4 heteroatoms. The first-order valence-electron chi connectivity index (χ1n) is 4.25. The van der Waals surface area contributed by atoms with E-state index >= 15 is 0 Å². The molecule has 3 N–H and O–H groups in total. The lowest BCUT2D eigenvalue weighted by Gasteiger charge is -2.13. The van der Waals surface area contributed by atoms with Gasteiger partial charge in [-0.05, 0) is 6.07 Å². The molecule has 0 aliphatic carbocycles. The van der Waals surface area contributed by atoms with E-state index in [1.807, 2.05) is 6.07 Å². The number of carbonyl (C=O) groups is 1. The van der Waals surface area contributed by atoms with Crippen LogP contribution in [0.25, 0.3) is 0 Å². The Labute approximate surface area is 82.3 Å². The molecule has 1 aromatic carbocycles.